The lowest BCUT2D eigenvalue weighted by atomic mass is 10.2. The molecule has 72 valence electrons. The Morgan fingerprint density at radius 2 is 1.64 bits per heavy atom. The minimum atomic E-state index is -0.605. The van der Waals surface area contributed by atoms with Crippen LogP contribution in [0.1, 0.15) is 0 Å². The van der Waals surface area contributed by atoms with E-state index in [4.69, 9.17) is 23.2 Å². The van der Waals surface area contributed by atoms with Crippen molar-refractivity contribution in [3.63, 3.8) is 0 Å². The van der Waals surface area contributed by atoms with Crippen molar-refractivity contribution in [3.05, 3.63) is 43.0 Å². The molecule has 0 aliphatic carbocycles. The van der Waals surface area contributed by atoms with E-state index in [-0.39, 0.29) is 20.9 Å². The monoisotopic (exact) mass is 230 g/mol. The predicted molar refractivity (Wildman–Crippen MR) is 55.2 cm³/mol. The van der Waals surface area contributed by atoms with Gasteiger partial charge in [-0.3, -0.25) is 9.78 Å². The number of hydrogen-bond donors (Lipinski definition) is 2. The number of hydrogen-bond acceptors (Lipinski definition) is 2. The summed E-state index contributed by atoms with van der Waals surface area (Å²) in [5.41, 5.74) is -0.893. The maximum atomic E-state index is 11.4. The van der Waals surface area contributed by atoms with Crippen LogP contribution in [-0.2, 0) is 0 Å². The Balaban J connectivity index is 3.16. The molecule has 2 aromatic rings. The van der Waals surface area contributed by atoms with Gasteiger partial charge >= 0.3 is 5.69 Å². The average Bonchev–Trinajstić information content (AvgIpc) is 2.10. The topological polar surface area (TPSA) is 65.7 Å². The number of fused-ring (bicyclic) bond motifs is 1. The van der Waals surface area contributed by atoms with Crippen LogP contribution < -0.4 is 11.2 Å². The van der Waals surface area contributed by atoms with Crippen LogP contribution in [0.3, 0.4) is 0 Å². The van der Waals surface area contributed by atoms with E-state index in [0.717, 1.165) is 0 Å². The molecule has 2 rings (SSSR count). The lowest BCUT2D eigenvalue weighted by molar-refractivity contribution is 1.08. The van der Waals surface area contributed by atoms with Crippen LogP contribution in [0, 0.1) is 0 Å². The number of aromatic amines is 2. The summed E-state index contributed by atoms with van der Waals surface area (Å²) in [6.07, 6.45) is 0. The Kier molecular flexibility index (Phi) is 2.09. The fourth-order valence-corrected chi connectivity index (χ4v) is 1.65. The molecule has 0 fully saturated rings. The molecule has 0 amide bonds. The van der Waals surface area contributed by atoms with E-state index in [9.17, 15) is 9.59 Å². The van der Waals surface area contributed by atoms with Gasteiger partial charge in [0.05, 0.1) is 20.9 Å². The van der Waals surface area contributed by atoms with Gasteiger partial charge in [-0.15, -0.1) is 0 Å². The summed E-state index contributed by atoms with van der Waals surface area (Å²) in [7, 11) is 0. The van der Waals surface area contributed by atoms with Crippen molar-refractivity contribution in [1.82, 2.24) is 9.97 Å². The number of nitrogens with one attached hydrogen (secondary N) is 2. The quantitative estimate of drug-likeness (QED) is 0.721. The fourth-order valence-electron chi connectivity index (χ4n) is 1.21. The highest BCUT2D eigenvalue weighted by Gasteiger charge is 2.07. The molecule has 0 aliphatic heterocycles. The highest BCUT2D eigenvalue weighted by atomic mass is 35.5. The summed E-state index contributed by atoms with van der Waals surface area (Å²) >= 11 is 11.6. The zero-order valence-electron chi connectivity index (χ0n) is 6.73. The zero-order chi connectivity index (χ0) is 10.3. The van der Waals surface area contributed by atoms with Gasteiger partial charge in [-0.25, -0.2) is 4.79 Å². The molecule has 0 saturated carbocycles. The largest absolute Gasteiger partial charge is 0.326 e. The SMILES string of the molecule is O=c1[nH]c(=O)c2c(Cl)ccc(Cl)c2[nH]1. The molecular formula is C8H4Cl2N2O2. The van der Waals surface area contributed by atoms with E-state index in [1.54, 1.807) is 0 Å². The minimum Gasteiger partial charge on any atom is -0.305 e. The smallest absolute Gasteiger partial charge is 0.305 e. The Morgan fingerprint density at radius 1 is 1.00 bits per heavy atom. The van der Waals surface area contributed by atoms with Crippen LogP contribution in [0.25, 0.3) is 10.9 Å². The third kappa shape index (κ3) is 1.32. The Labute approximate surface area is 87.5 Å². The second kappa shape index (κ2) is 3.15. The van der Waals surface area contributed by atoms with Crippen LogP contribution in [-0.4, -0.2) is 9.97 Å². The number of rotatable bonds is 0. The van der Waals surface area contributed by atoms with E-state index in [0.29, 0.717) is 0 Å². The Bertz CT molecular complexity index is 615. The maximum Gasteiger partial charge on any atom is 0.326 e. The van der Waals surface area contributed by atoms with Crippen LogP contribution in [0.4, 0.5) is 0 Å². The van der Waals surface area contributed by atoms with Crippen molar-refractivity contribution in [2.45, 2.75) is 0 Å². The van der Waals surface area contributed by atoms with Crippen LogP contribution in [0.15, 0.2) is 21.7 Å². The molecule has 6 heteroatoms. The molecule has 1 aromatic heterocycles. The van der Waals surface area contributed by atoms with Crippen molar-refractivity contribution >= 4 is 34.1 Å². The molecular weight excluding hydrogens is 227 g/mol. The number of halogens is 2. The third-order valence-electron chi connectivity index (χ3n) is 1.80. The van der Waals surface area contributed by atoms with Gasteiger partial charge < -0.3 is 4.98 Å². The summed E-state index contributed by atoms with van der Waals surface area (Å²) in [5, 5.41) is 0.730. The molecule has 0 spiro atoms. The summed E-state index contributed by atoms with van der Waals surface area (Å²) in [6, 6.07) is 3.02. The standard InChI is InChI=1S/C8H4Cl2N2O2/c9-3-1-2-4(10)6-5(3)7(13)12-8(14)11-6/h1-2H,(H2,11,12,13,14). The summed E-state index contributed by atoms with van der Waals surface area (Å²) in [6.45, 7) is 0. The molecule has 0 atom stereocenters. The van der Waals surface area contributed by atoms with E-state index in [1.807, 2.05) is 0 Å². The second-order valence-corrected chi connectivity index (χ2v) is 3.50. The molecule has 0 unspecified atom stereocenters. The lowest BCUT2D eigenvalue weighted by Gasteiger charge is -2.00. The fraction of sp³-hybridized carbons (Fsp3) is 0. The van der Waals surface area contributed by atoms with Gasteiger partial charge in [0.15, 0.2) is 0 Å². The van der Waals surface area contributed by atoms with Crippen molar-refractivity contribution in [2.75, 3.05) is 0 Å². The van der Waals surface area contributed by atoms with Gasteiger partial charge in [-0.05, 0) is 12.1 Å². The van der Waals surface area contributed by atoms with Gasteiger partial charge in [-0.2, -0.15) is 0 Å². The first-order valence-corrected chi connectivity index (χ1v) is 4.45. The van der Waals surface area contributed by atoms with Gasteiger partial charge in [0.2, 0.25) is 0 Å². The summed E-state index contributed by atoms with van der Waals surface area (Å²) in [4.78, 5) is 26.8. The highest BCUT2D eigenvalue weighted by molar-refractivity contribution is 6.39. The molecule has 0 radical (unpaired) electrons. The first-order chi connectivity index (χ1) is 6.59. The van der Waals surface area contributed by atoms with Crippen molar-refractivity contribution < 1.29 is 0 Å². The first-order valence-electron chi connectivity index (χ1n) is 3.70. The normalized spacial score (nSPS) is 10.7. The van der Waals surface area contributed by atoms with E-state index in [1.165, 1.54) is 12.1 Å². The average molecular weight is 231 g/mol. The molecule has 2 N–H and O–H groups in total. The van der Waals surface area contributed by atoms with Crippen molar-refractivity contribution in [2.24, 2.45) is 0 Å². The van der Waals surface area contributed by atoms with E-state index >= 15 is 0 Å². The van der Waals surface area contributed by atoms with Gasteiger partial charge in [-0.1, -0.05) is 23.2 Å². The molecule has 1 aromatic carbocycles. The molecule has 14 heavy (non-hydrogen) atoms. The van der Waals surface area contributed by atoms with Gasteiger partial charge in [0.25, 0.3) is 5.56 Å². The lowest BCUT2D eigenvalue weighted by Crippen LogP contribution is -2.22. The molecule has 0 aliphatic rings. The molecule has 0 saturated heterocycles. The number of aromatic nitrogens is 2. The number of H-pyrrole nitrogens is 2. The van der Waals surface area contributed by atoms with Crippen LogP contribution in [0.5, 0.6) is 0 Å². The van der Waals surface area contributed by atoms with E-state index < -0.39 is 11.2 Å². The Hall–Kier alpha value is -1.26. The molecule has 4 nitrogen and oxygen atoms in total. The second-order valence-electron chi connectivity index (χ2n) is 2.69. The van der Waals surface area contributed by atoms with E-state index in [2.05, 4.69) is 9.97 Å². The predicted octanol–water partition coefficient (Wildman–Crippen LogP) is 1.52. The number of benzene rings is 1. The maximum absolute atomic E-state index is 11.4. The summed E-state index contributed by atoms with van der Waals surface area (Å²) in [5.74, 6) is 0. The first kappa shape index (κ1) is 9.30. The third-order valence-corrected chi connectivity index (χ3v) is 2.43. The summed E-state index contributed by atoms with van der Waals surface area (Å²) < 4.78 is 0. The van der Waals surface area contributed by atoms with Crippen molar-refractivity contribution in [1.29, 1.82) is 0 Å². The van der Waals surface area contributed by atoms with Gasteiger partial charge in [0, 0.05) is 0 Å². The molecule has 1 heterocycles. The van der Waals surface area contributed by atoms with Crippen molar-refractivity contribution in [3.8, 4) is 0 Å². The zero-order valence-corrected chi connectivity index (χ0v) is 8.24. The van der Waals surface area contributed by atoms with Crippen LogP contribution in [0.2, 0.25) is 10.0 Å². The Morgan fingerprint density at radius 3 is 2.36 bits per heavy atom. The van der Waals surface area contributed by atoms with Crippen LogP contribution >= 0.6 is 23.2 Å². The van der Waals surface area contributed by atoms with Gasteiger partial charge in [0.1, 0.15) is 0 Å². The molecule has 0 bridgehead atoms. The minimum absolute atomic E-state index is 0.193. The highest BCUT2D eigenvalue weighted by Crippen LogP contribution is 2.24.